The molecule has 1 heterocycles. The number of alkyl halides is 1. The van der Waals surface area contributed by atoms with Crippen molar-refractivity contribution in [2.45, 2.75) is 12.4 Å². The quantitative estimate of drug-likeness (QED) is 0.804. The van der Waals surface area contributed by atoms with Crippen LogP contribution in [0.1, 0.15) is 11.3 Å². The first-order chi connectivity index (χ1) is 8.70. The van der Waals surface area contributed by atoms with E-state index in [1.807, 2.05) is 36.2 Å². The average Bonchev–Trinajstić information content (AvgIpc) is 2.41. The van der Waals surface area contributed by atoms with E-state index < -0.39 is 0 Å². The van der Waals surface area contributed by atoms with Crippen LogP contribution < -0.4 is 4.90 Å². The largest absolute Gasteiger partial charge is 0.354 e. The van der Waals surface area contributed by atoms with Crippen molar-refractivity contribution in [2.24, 2.45) is 0 Å². The van der Waals surface area contributed by atoms with Crippen LogP contribution in [-0.2, 0) is 12.4 Å². The van der Waals surface area contributed by atoms with Gasteiger partial charge in [-0.25, -0.2) is 4.98 Å². The average molecular weight is 282 g/mol. The molecule has 2 aromatic rings. The van der Waals surface area contributed by atoms with Crippen molar-refractivity contribution in [1.82, 2.24) is 9.97 Å². The van der Waals surface area contributed by atoms with Gasteiger partial charge in [-0.1, -0.05) is 29.8 Å². The minimum Gasteiger partial charge on any atom is -0.354 e. The molecule has 0 saturated heterocycles. The highest BCUT2D eigenvalue weighted by molar-refractivity contribution is 6.31. The van der Waals surface area contributed by atoms with Gasteiger partial charge in [0.1, 0.15) is 5.82 Å². The molecule has 0 N–H and O–H groups in total. The van der Waals surface area contributed by atoms with Crippen LogP contribution in [0.2, 0.25) is 5.02 Å². The molecule has 0 bridgehead atoms. The number of aromatic nitrogens is 2. The highest BCUT2D eigenvalue weighted by Gasteiger charge is 2.06. The Bertz CT molecular complexity index is 514. The van der Waals surface area contributed by atoms with E-state index in [1.165, 1.54) is 0 Å². The molecule has 0 atom stereocenters. The molecule has 0 aliphatic carbocycles. The van der Waals surface area contributed by atoms with E-state index >= 15 is 0 Å². The van der Waals surface area contributed by atoms with Crippen molar-refractivity contribution in [2.75, 3.05) is 11.9 Å². The Morgan fingerprint density at radius 2 is 1.94 bits per heavy atom. The molecule has 0 aliphatic heterocycles. The number of hydrogen-bond acceptors (Lipinski definition) is 3. The maximum atomic E-state index is 6.12. The smallest absolute Gasteiger partial charge is 0.147 e. The fourth-order valence-electron chi connectivity index (χ4n) is 1.58. The summed E-state index contributed by atoms with van der Waals surface area (Å²) in [6, 6.07) is 7.77. The lowest BCUT2D eigenvalue weighted by Gasteiger charge is -2.18. The molecule has 0 saturated carbocycles. The van der Waals surface area contributed by atoms with Gasteiger partial charge in [0.25, 0.3) is 0 Å². The van der Waals surface area contributed by atoms with Gasteiger partial charge in [-0.2, -0.15) is 0 Å². The predicted molar refractivity (Wildman–Crippen MR) is 75.1 cm³/mol. The molecule has 3 nitrogen and oxygen atoms in total. The van der Waals surface area contributed by atoms with E-state index in [-0.39, 0.29) is 0 Å². The third kappa shape index (κ3) is 3.12. The second-order valence-corrected chi connectivity index (χ2v) is 4.62. The van der Waals surface area contributed by atoms with Crippen molar-refractivity contribution >= 4 is 29.0 Å². The van der Waals surface area contributed by atoms with Gasteiger partial charge in [-0.15, -0.1) is 11.6 Å². The molecule has 1 aromatic carbocycles. The summed E-state index contributed by atoms with van der Waals surface area (Å²) in [4.78, 5) is 10.5. The molecule has 0 amide bonds. The zero-order valence-corrected chi connectivity index (χ0v) is 11.5. The Labute approximate surface area is 116 Å². The summed E-state index contributed by atoms with van der Waals surface area (Å²) in [5.41, 5.74) is 1.83. The number of benzene rings is 1. The molecule has 18 heavy (non-hydrogen) atoms. The number of halogens is 2. The Morgan fingerprint density at radius 3 is 2.56 bits per heavy atom. The number of anilines is 1. The third-order valence-electron chi connectivity index (χ3n) is 2.59. The van der Waals surface area contributed by atoms with Gasteiger partial charge >= 0.3 is 0 Å². The normalized spacial score (nSPS) is 10.4. The van der Waals surface area contributed by atoms with Gasteiger partial charge in [0.15, 0.2) is 0 Å². The van der Waals surface area contributed by atoms with Crippen molar-refractivity contribution in [1.29, 1.82) is 0 Å². The Morgan fingerprint density at radius 1 is 1.17 bits per heavy atom. The van der Waals surface area contributed by atoms with Crippen LogP contribution in [0.3, 0.4) is 0 Å². The minimum absolute atomic E-state index is 0.376. The summed E-state index contributed by atoms with van der Waals surface area (Å²) in [6.45, 7) is 0.689. The summed E-state index contributed by atoms with van der Waals surface area (Å²) < 4.78 is 0. The Kier molecular flexibility index (Phi) is 4.39. The number of rotatable bonds is 4. The minimum atomic E-state index is 0.376. The van der Waals surface area contributed by atoms with E-state index in [0.29, 0.717) is 12.4 Å². The zero-order chi connectivity index (χ0) is 13.0. The molecular weight excluding hydrogens is 269 g/mol. The second kappa shape index (κ2) is 6.03. The van der Waals surface area contributed by atoms with Crippen LogP contribution >= 0.6 is 23.2 Å². The highest BCUT2D eigenvalue weighted by atomic mass is 35.5. The number of nitrogens with zero attached hydrogens (tertiary/aromatic N) is 3. The standard InChI is InChI=1S/C13H13Cl2N3/c1-18(9-10-4-2-3-5-12(10)15)13-8-16-11(6-14)7-17-13/h2-5,7-8H,6,9H2,1H3. The fourth-order valence-corrected chi connectivity index (χ4v) is 1.91. The summed E-state index contributed by atoms with van der Waals surface area (Å²) >= 11 is 11.8. The summed E-state index contributed by atoms with van der Waals surface area (Å²) in [5.74, 6) is 1.17. The van der Waals surface area contributed by atoms with Gasteiger partial charge < -0.3 is 4.90 Å². The lowest BCUT2D eigenvalue weighted by Crippen LogP contribution is -2.18. The number of hydrogen-bond donors (Lipinski definition) is 0. The van der Waals surface area contributed by atoms with Crippen LogP contribution in [0.25, 0.3) is 0 Å². The van der Waals surface area contributed by atoms with E-state index in [4.69, 9.17) is 23.2 Å². The Hall–Kier alpha value is -1.32. The summed E-state index contributed by atoms with van der Waals surface area (Å²) in [5, 5.41) is 0.759. The molecule has 0 aliphatic rings. The van der Waals surface area contributed by atoms with Crippen molar-refractivity contribution in [3.63, 3.8) is 0 Å². The van der Waals surface area contributed by atoms with Crippen molar-refractivity contribution in [3.05, 3.63) is 52.9 Å². The van der Waals surface area contributed by atoms with E-state index in [1.54, 1.807) is 12.4 Å². The highest BCUT2D eigenvalue weighted by Crippen LogP contribution is 2.18. The van der Waals surface area contributed by atoms with Crippen LogP contribution in [-0.4, -0.2) is 17.0 Å². The first-order valence-electron chi connectivity index (χ1n) is 5.52. The SMILES string of the molecule is CN(Cc1ccccc1Cl)c1cnc(CCl)cn1. The zero-order valence-electron chi connectivity index (χ0n) is 9.98. The third-order valence-corrected chi connectivity index (χ3v) is 3.23. The van der Waals surface area contributed by atoms with Crippen molar-refractivity contribution < 1.29 is 0 Å². The topological polar surface area (TPSA) is 29.0 Å². The second-order valence-electron chi connectivity index (χ2n) is 3.95. The molecule has 0 fully saturated rings. The first kappa shape index (κ1) is 13.1. The maximum absolute atomic E-state index is 6.12. The van der Waals surface area contributed by atoms with Crippen LogP contribution in [0.5, 0.6) is 0 Å². The molecule has 94 valence electrons. The Balaban J connectivity index is 2.11. The molecule has 1 aromatic heterocycles. The monoisotopic (exact) mass is 281 g/mol. The van der Waals surface area contributed by atoms with Crippen LogP contribution in [0.4, 0.5) is 5.82 Å². The first-order valence-corrected chi connectivity index (χ1v) is 6.43. The van der Waals surface area contributed by atoms with Gasteiger partial charge in [-0.3, -0.25) is 4.98 Å². The molecule has 5 heteroatoms. The molecular formula is C13H13Cl2N3. The van der Waals surface area contributed by atoms with Crippen LogP contribution in [0, 0.1) is 0 Å². The molecule has 2 rings (SSSR count). The lowest BCUT2D eigenvalue weighted by molar-refractivity contribution is 0.884. The van der Waals surface area contributed by atoms with E-state index in [9.17, 15) is 0 Å². The van der Waals surface area contributed by atoms with Gasteiger partial charge in [-0.05, 0) is 11.6 Å². The van der Waals surface area contributed by atoms with Gasteiger partial charge in [0.05, 0.1) is 24.0 Å². The van der Waals surface area contributed by atoms with Gasteiger partial charge in [0.2, 0.25) is 0 Å². The van der Waals surface area contributed by atoms with E-state index in [2.05, 4.69) is 9.97 Å². The van der Waals surface area contributed by atoms with Gasteiger partial charge in [0, 0.05) is 18.6 Å². The van der Waals surface area contributed by atoms with E-state index in [0.717, 1.165) is 22.1 Å². The summed E-state index contributed by atoms with van der Waals surface area (Å²) in [6.07, 6.45) is 3.40. The molecule has 0 radical (unpaired) electrons. The fraction of sp³-hybridized carbons (Fsp3) is 0.231. The lowest BCUT2D eigenvalue weighted by atomic mass is 10.2. The predicted octanol–water partition coefficient (Wildman–Crippen LogP) is 3.51. The maximum Gasteiger partial charge on any atom is 0.147 e. The van der Waals surface area contributed by atoms with Crippen LogP contribution in [0.15, 0.2) is 36.7 Å². The van der Waals surface area contributed by atoms with Crippen molar-refractivity contribution in [3.8, 4) is 0 Å². The molecule has 0 unspecified atom stereocenters. The molecule has 0 spiro atoms. The summed E-state index contributed by atoms with van der Waals surface area (Å²) in [7, 11) is 1.95.